The molecule has 1 aliphatic rings. The number of nitrogens with zero attached hydrogens (tertiary/aromatic N) is 1. The summed E-state index contributed by atoms with van der Waals surface area (Å²) in [6, 6.07) is 11.9. The summed E-state index contributed by atoms with van der Waals surface area (Å²) < 4.78 is 33.8. The third kappa shape index (κ3) is 4.53. The first-order valence-electron chi connectivity index (χ1n) is 7.98. The lowest BCUT2D eigenvalue weighted by molar-refractivity contribution is -0.117. The zero-order valence-electron chi connectivity index (χ0n) is 14.6. The van der Waals surface area contributed by atoms with Crippen LogP contribution in [0.15, 0.2) is 47.4 Å². The Bertz CT molecular complexity index is 927. The molecule has 0 fully saturated rings. The summed E-state index contributed by atoms with van der Waals surface area (Å²) in [6.45, 7) is 0.953. The Morgan fingerprint density at radius 1 is 1.15 bits per heavy atom. The molecule has 3 rings (SSSR count). The first-order chi connectivity index (χ1) is 12.3. The maximum atomic E-state index is 12.2. The molecule has 8 heteroatoms. The van der Waals surface area contributed by atoms with Crippen LogP contribution >= 0.6 is 0 Å². The lowest BCUT2D eigenvalue weighted by atomic mass is 10.2. The van der Waals surface area contributed by atoms with Gasteiger partial charge in [0, 0.05) is 18.5 Å². The highest BCUT2D eigenvalue weighted by Gasteiger charge is 2.15. The second kappa shape index (κ2) is 7.35. The van der Waals surface area contributed by atoms with Crippen LogP contribution in [0.25, 0.3) is 0 Å². The minimum absolute atomic E-state index is 0.164. The smallest absolute Gasteiger partial charge is 0.238 e. The van der Waals surface area contributed by atoms with Crippen molar-refractivity contribution in [1.29, 1.82) is 0 Å². The van der Waals surface area contributed by atoms with Crippen LogP contribution in [0, 0.1) is 0 Å². The van der Waals surface area contributed by atoms with Crippen molar-refractivity contribution in [2.45, 2.75) is 11.4 Å². The number of fused-ring (bicyclic) bond motifs is 1. The molecule has 0 saturated heterocycles. The number of ether oxygens (including phenoxy) is 2. The van der Waals surface area contributed by atoms with E-state index in [1.54, 1.807) is 12.1 Å². The molecule has 26 heavy (non-hydrogen) atoms. The van der Waals surface area contributed by atoms with Crippen LogP contribution in [-0.4, -0.2) is 45.9 Å². The van der Waals surface area contributed by atoms with Crippen molar-refractivity contribution in [2.75, 3.05) is 32.0 Å². The molecule has 0 aliphatic carbocycles. The van der Waals surface area contributed by atoms with Crippen molar-refractivity contribution in [2.24, 2.45) is 0 Å². The van der Waals surface area contributed by atoms with Gasteiger partial charge in [0.2, 0.25) is 12.7 Å². The number of benzene rings is 2. The molecule has 0 saturated carbocycles. The fourth-order valence-corrected chi connectivity index (χ4v) is 3.32. The van der Waals surface area contributed by atoms with Gasteiger partial charge in [-0.25, -0.2) is 8.42 Å². The Kier molecular flexibility index (Phi) is 5.15. The van der Waals surface area contributed by atoms with Gasteiger partial charge in [0.1, 0.15) is 0 Å². The van der Waals surface area contributed by atoms with Crippen molar-refractivity contribution < 1.29 is 22.7 Å². The lowest BCUT2D eigenvalue weighted by Crippen LogP contribution is -2.29. The van der Waals surface area contributed by atoms with Crippen molar-refractivity contribution >= 4 is 21.4 Å². The summed E-state index contributed by atoms with van der Waals surface area (Å²) in [7, 11) is -1.48. The number of likely N-dealkylation sites (N-methyl/N-ethyl adjacent to an activating group) is 1. The Labute approximate surface area is 152 Å². The predicted molar refractivity (Wildman–Crippen MR) is 97.1 cm³/mol. The van der Waals surface area contributed by atoms with Crippen LogP contribution in [0.4, 0.5) is 5.69 Å². The minimum Gasteiger partial charge on any atom is -0.454 e. The number of rotatable bonds is 6. The van der Waals surface area contributed by atoms with E-state index in [-0.39, 0.29) is 24.1 Å². The average molecular weight is 376 g/mol. The fourth-order valence-electron chi connectivity index (χ4n) is 2.66. The van der Waals surface area contributed by atoms with Gasteiger partial charge in [-0.3, -0.25) is 9.69 Å². The van der Waals surface area contributed by atoms with E-state index in [0.29, 0.717) is 18.0 Å². The van der Waals surface area contributed by atoms with Crippen molar-refractivity contribution in [3.05, 3.63) is 48.0 Å². The van der Waals surface area contributed by atoms with Gasteiger partial charge in [-0.2, -0.15) is 0 Å². The molecule has 0 spiro atoms. The quantitative estimate of drug-likeness (QED) is 0.829. The number of amides is 1. The second-order valence-electron chi connectivity index (χ2n) is 6.21. The molecule has 0 aromatic heterocycles. The summed E-state index contributed by atoms with van der Waals surface area (Å²) in [5.41, 5.74) is 1.46. The van der Waals surface area contributed by atoms with Crippen molar-refractivity contribution in [3.63, 3.8) is 0 Å². The van der Waals surface area contributed by atoms with Crippen LogP contribution in [-0.2, 0) is 21.2 Å². The number of sulfone groups is 1. The number of carbonyl (C=O) groups excluding carboxylic acids is 1. The molecule has 1 aliphatic heterocycles. The van der Waals surface area contributed by atoms with Gasteiger partial charge >= 0.3 is 0 Å². The van der Waals surface area contributed by atoms with Crippen LogP contribution < -0.4 is 14.8 Å². The zero-order valence-corrected chi connectivity index (χ0v) is 15.4. The van der Waals surface area contributed by atoms with E-state index >= 15 is 0 Å². The van der Waals surface area contributed by atoms with Gasteiger partial charge in [-0.1, -0.05) is 12.1 Å². The SMILES string of the molecule is CN(CC(=O)Nc1cccc(S(C)(=O)=O)c1)Cc1ccc2c(c1)OCO2. The van der Waals surface area contributed by atoms with E-state index in [1.165, 1.54) is 12.1 Å². The number of hydrogen-bond donors (Lipinski definition) is 1. The molecule has 1 N–H and O–H groups in total. The molecule has 0 atom stereocenters. The van der Waals surface area contributed by atoms with E-state index in [1.807, 2.05) is 30.1 Å². The Morgan fingerprint density at radius 2 is 1.92 bits per heavy atom. The Hall–Kier alpha value is -2.58. The molecule has 1 amide bonds. The largest absolute Gasteiger partial charge is 0.454 e. The molecule has 0 unspecified atom stereocenters. The number of anilines is 1. The van der Waals surface area contributed by atoms with Crippen LogP contribution in [0.5, 0.6) is 11.5 Å². The number of carbonyl (C=O) groups is 1. The minimum atomic E-state index is -3.31. The third-order valence-corrected chi connectivity index (χ3v) is 4.96. The highest BCUT2D eigenvalue weighted by atomic mass is 32.2. The summed E-state index contributed by atoms with van der Waals surface area (Å²) in [5, 5.41) is 2.72. The van der Waals surface area contributed by atoms with Gasteiger partial charge < -0.3 is 14.8 Å². The van der Waals surface area contributed by atoms with Crippen LogP contribution in [0.3, 0.4) is 0 Å². The van der Waals surface area contributed by atoms with E-state index < -0.39 is 9.84 Å². The summed E-state index contributed by atoms with van der Waals surface area (Å²) in [6.07, 6.45) is 1.13. The standard InChI is InChI=1S/C18H20N2O5S/c1-20(10-13-6-7-16-17(8-13)25-12-24-16)11-18(21)19-14-4-3-5-15(9-14)26(2,22)23/h3-9H,10-12H2,1-2H3,(H,19,21). The summed E-state index contributed by atoms with van der Waals surface area (Å²) >= 11 is 0. The maximum Gasteiger partial charge on any atom is 0.238 e. The maximum absolute atomic E-state index is 12.2. The highest BCUT2D eigenvalue weighted by Crippen LogP contribution is 2.32. The number of hydrogen-bond acceptors (Lipinski definition) is 6. The van der Waals surface area contributed by atoms with Crippen LogP contribution in [0.1, 0.15) is 5.56 Å². The molecule has 0 radical (unpaired) electrons. The van der Waals surface area contributed by atoms with Crippen LogP contribution in [0.2, 0.25) is 0 Å². The third-order valence-electron chi connectivity index (χ3n) is 3.85. The molecular weight excluding hydrogens is 356 g/mol. The van der Waals surface area contributed by atoms with Crippen molar-refractivity contribution in [1.82, 2.24) is 4.90 Å². The van der Waals surface area contributed by atoms with Gasteiger partial charge in [0.15, 0.2) is 21.3 Å². The summed E-state index contributed by atoms with van der Waals surface area (Å²) in [4.78, 5) is 14.2. The molecular formula is C18H20N2O5S. The van der Waals surface area contributed by atoms with E-state index in [0.717, 1.165) is 17.6 Å². The van der Waals surface area contributed by atoms with Gasteiger partial charge in [-0.15, -0.1) is 0 Å². The van der Waals surface area contributed by atoms with Gasteiger partial charge in [0.25, 0.3) is 0 Å². The molecule has 1 heterocycles. The molecule has 0 bridgehead atoms. The van der Waals surface area contributed by atoms with E-state index in [2.05, 4.69) is 5.32 Å². The van der Waals surface area contributed by atoms with Gasteiger partial charge in [-0.05, 0) is 42.9 Å². The molecule has 138 valence electrons. The fraction of sp³-hybridized carbons (Fsp3) is 0.278. The highest BCUT2D eigenvalue weighted by molar-refractivity contribution is 7.90. The monoisotopic (exact) mass is 376 g/mol. The summed E-state index contributed by atoms with van der Waals surface area (Å²) in [5.74, 6) is 1.21. The normalized spacial score (nSPS) is 13.0. The second-order valence-corrected chi connectivity index (χ2v) is 8.22. The van der Waals surface area contributed by atoms with Gasteiger partial charge in [0.05, 0.1) is 11.4 Å². The Balaban J connectivity index is 1.58. The lowest BCUT2D eigenvalue weighted by Gasteiger charge is -2.16. The average Bonchev–Trinajstić information content (AvgIpc) is 3.01. The zero-order chi connectivity index (χ0) is 18.7. The Morgan fingerprint density at radius 3 is 2.69 bits per heavy atom. The topological polar surface area (TPSA) is 84.9 Å². The van der Waals surface area contributed by atoms with Crippen molar-refractivity contribution in [3.8, 4) is 11.5 Å². The predicted octanol–water partition coefficient (Wildman–Crippen LogP) is 1.89. The first-order valence-corrected chi connectivity index (χ1v) is 9.87. The molecule has 2 aromatic rings. The van der Waals surface area contributed by atoms with E-state index in [9.17, 15) is 13.2 Å². The van der Waals surface area contributed by atoms with E-state index in [4.69, 9.17) is 9.47 Å². The molecule has 7 nitrogen and oxygen atoms in total. The number of nitrogens with one attached hydrogen (secondary N) is 1. The first kappa shape index (κ1) is 18.2. The molecule has 2 aromatic carbocycles.